The molecule has 0 unspecified atom stereocenters. The monoisotopic (exact) mass is 468 g/mol. The maximum atomic E-state index is 13.0. The molecule has 2 heterocycles. The molecule has 4 rings (SSSR count). The molecule has 8 nitrogen and oxygen atoms in total. The van der Waals surface area contributed by atoms with Gasteiger partial charge in [0.2, 0.25) is 10.0 Å². The first-order valence-corrected chi connectivity index (χ1v) is 11.2. The van der Waals surface area contributed by atoms with Crippen molar-refractivity contribution in [3.63, 3.8) is 0 Å². The normalized spacial score (nSPS) is 16.4. The number of methoxy groups -OCH3 is 1. The predicted octanol–water partition coefficient (Wildman–Crippen LogP) is 3.26. The summed E-state index contributed by atoms with van der Waals surface area (Å²) in [4.78, 5) is 11.7. The van der Waals surface area contributed by atoms with E-state index in [4.69, 9.17) is 0 Å². The second kappa shape index (κ2) is 8.17. The van der Waals surface area contributed by atoms with Gasteiger partial charge in [0.1, 0.15) is 5.52 Å². The van der Waals surface area contributed by atoms with Crippen LogP contribution in [-0.4, -0.2) is 53.9 Å². The molecule has 0 atom stereocenters. The Kier molecular flexibility index (Phi) is 5.67. The number of halogens is 3. The van der Waals surface area contributed by atoms with E-state index in [0.717, 1.165) is 12.1 Å². The van der Waals surface area contributed by atoms with Gasteiger partial charge in [-0.2, -0.15) is 17.5 Å². The number of piperidine rings is 1. The van der Waals surface area contributed by atoms with Gasteiger partial charge in [-0.3, -0.25) is 0 Å². The first kappa shape index (κ1) is 22.2. The molecule has 0 radical (unpaired) electrons. The quantitative estimate of drug-likeness (QED) is 0.546. The minimum absolute atomic E-state index is 0.00950. The molecule has 0 N–H and O–H groups in total. The Morgan fingerprint density at radius 1 is 1.12 bits per heavy atom. The number of ether oxygens (including phenoxy) is 1. The van der Waals surface area contributed by atoms with Crippen LogP contribution in [0.15, 0.2) is 47.4 Å². The topological polar surface area (TPSA) is 94.4 Å². The average Bonchev–Trinajstić information content (AvgIpc) is 3.21. The van der Waals surface area contributed by atoms with Crippen molar-refractivity contribution in [2.75, 3.05) is 20.2 Å². The van der Waals surface area contributed by atoms with Crippen molar-refractivity contribution in [3.8, 4) is 0 Å². The van der Waals surface area contributed by atoms with Crippen LogP contribution in [0.2, 0.25) is 0 Å². The summed E-state index contributed by atoms with van der Waals surface area (Å²) in [6.07, 6.45) is -3.65. The maximum Gasteiger partial charge on any atom is 0.416 e. The van der Waals surface area contributed by atoms with E-state index in [1.165, 1.54) is 41.7 Å². The molecule has 0 amide bonds. The smallest absolute Gasteiger partial charge is 0.416 e. The second-order valence-corrected chi connectivity index (χ2v) is 9.33. The van der Waals surface area contributed by atoms with Crippen molar-refractivity contribution < 1.29 is 31.1 Å². The van der Waals surface area contributed by atoms with Gasteiger partial charge in [-0.15, -0.1) is 5.10 Å². The van der Waals surface area contributed by atoms with E-state index in [0.29, 0.717) is 18.4 Å². The maximum absolute atomic E-state index is 13.0. The zero-order valence-electron chi connectivity index (χ0n) is 16.9. The highest BCUT2D eigenvalue weighted by Crippen LogP contribution is 2.33. The summed E-state index contributed by atoms with van der Waals surface area (Å²) in [5, 5.41) is 7.86. The van der Waals surface area contributed by atoms with E-state index in [1.807, 2.05) is 0 Å². The van der Waals surface area contributed by atoms with Gasteiger partial charge in [0.05, 0.1) is 34.7 Å². The molecule has 1 aliphatic heterocycles. The highest BCUT2D eigenvalue weighted by Gasteiger charge is 2.33. The first-order valence-electron chi connectivity index (χ1n) is 9.72. The van der Waals surface area contributed by atoms with Crippen molar-refractivity contribution in [1.82, 2.24) is 19.3 Å². The number of carbonyl (C=O) groups excluding carboxylic acids is 1. The number of esters is 1. The Morgan fingerprint density at radius 2 is 1.84 bits per heavy atom. The van der Waals surface area contributed by atoms with E-state index in [-0.39, 0.29) is 35.1 Å². The van der Waals surface area contributed by atoms with Crippen LogP contribution in [0, 0.1) is 0 Å². The van der Waals surface area contributed by atoms with E-state index in [1.54, 1.807) is 4.68 Å². The lowest BCUT2D eigenvalue weighted by atomic mass is 10.1. The second-order valence-electron chi connectivity index (χ2n) is 7.39. The summed E-state index contributed by atoms with van der Waals surface area (Å²) in [6.45, 7) is 0.384. The number of hydrogen-bond acceptors (Lipinski definition) is 6. The highest BCUT2D eigenvalue weighted by atomic mass is 32.2. The molecule has 1 aliphatic rings. The highest BCUT2D eigenvalue weighted by molar-refractivity contribution is 7.89. The molecule has 1 fully saturated rings. The number of carbonyl (C=O) groups is 1. The number of hydrogen-bond donors (Lipinski definition) is 0. The van der Waals surface area contributed by atoms with Crippen LogP contribution in [0.3, 0.4) is 0 Å². The molecular weight excluding hydrogens is 449 g/mol. The summed E-state index contributed by atoms with van der Waals surface area (Å²) in [6, 6.07) is 8.69. The number of sulfonamides is 1. The molecule has 2 aromatic carbocycles. The van der Waals surface area contributed by atoms with Crippen LogP contribution in [0.5, 0.6) is 0 Å². The van der Waals surface area contributed by atoms with Crippen LogP contribution in [0.1, 0.15) is 34.8 Å². The fourth-order valence-corrected chi connectivity index (χ4v) is 5.28. The first-order chi connectivity index (χ1) is 15.1. The third kappa shape index (κ3) is 4.07. The van der Waals surface area contributed by atoms with E-state index in [2.05, 4.69) is 15.0 Å². The Labute approximate surface area is 181 Å². The Hall–Kier alpha value is -2.99. The fraction of sp³-hybridized carbons (Fsp3) is 0.350. The summed E-state index contributed by atoms with van der Waals surface area (Å²) in [7, 11) is -2.61. The molecule has 1 aromatic heterocycles. The number of aromatic nitrogens is 3. The summed E-state index contributed by atoms with van der Waals surface area (Å²) in [5.41, 5.74) is -0.0671. The van der Waals surface area contributed by atoms with Crippen molar-refractivity contribution in [3.05, 3.63) is 53.6 Å². The third-order valence-electron chi connectivity index (χ3n) is 5.46. The fourth-order valence-electron chi connectivity index (χ4n) is 3.77. The minimum Gasteiger partial charge on any atom is -0.465 e. The van der Waals surface area contributed by atoms with Crippen LogP contribution < -0.4 is 0 Å². The third-order valence-corrected chi connectivity index (χ3v) is 7.36. The Balaban J connectivity index is 1.51. The zero-order chi connectivity index (χ0) is 23.1. The number of rotatable bonds is 4. The van der Waals surface area contributed by atoms with E-state index >= 15 is 0 Å². The number of fused-ring (bicyclic) bond motifs is 1. The standard InChI is InChI=1S/C20H19F3N4O4S/c1-31-19(28)13-3-2-4-16(11-13)32(29,30)26-9-7-15(8-10-26)27-18-6-5-14(20(21,22)23)12-17(18)24-25-27/h2-6,11-12,15H,7-10H2,1H3. The summed E-state index contributed by atoms with van der Waals surface area (Å²) in [5.74, 6) is -0.632. The van der Waals surface area contributed by atoms with E-state index < -0.39 is 27.7 Å². The molecule has 0 aliphatic carbocycles. The summed E-state index contributed by atoms with van der Waals surface area (Å²) >= 11 is 0. The number of nitrogens with zero attached hydrogens (tertiary/aromatic N) is 4. The van der Waals surface area contributed by atoms with Crippen LogP contribution in [-0.2, 0) is 20.9 Å². The number of alkyl halides is 3. The molecule has 12 heteroatoms. The average molecular weight is 468 g/mol. The van der Waals surface area contributed by atoms with Crippen LogP contribution in [0.25, 0.3) is 11.0 Å². The molecule has 32 heavy (non-hydrogen) atoms. The largest absolute Gasteiger partial charge is 0.465 e. The molecule has 170 valence electrons. The lowest BCUT2D eigenvalue weighted by Gasteiger charge is -2.31. The number of benzene rings is 2. The van der Waals surface area contributed by atoms with Gasteiger partial charge in [-0.25, -0.2) is 17.9 Å². The summed E-state index contributed by atoms with van der Waals surface area (Å²) < 4.78 is 72.3. The lowest BCUT2D eigenvalue weighted by Crippen LogP contribution is -2.39. The SMILES string of the molecule is COC(=O)c1cccc(S(=O)(=O)N2CCC(n3nnc4cc(C(F)(F)F)ccc43)CC2)c1. The van der Waals surface area contributed by atoms with Gasteiger partial charge in [0.15, 0.2) is 0 Å². The van der Waals surface area contributed by atoms with Gasteiger partial charge < -0.3 is 4.74 Å². The zero-order valence-corrected chi connectivity index (χ0v) is 17.7. The Bertz CT molecular complexity index is 1270. The van der Waals surface area contributed by atoms with Crippen molar-refractivity contribution in [1.29, 1.82) is 0 Å². The van der Waals surface area contributed by atoms with Crippen molar-refractivity contribution >= 4 is 27.0 Å². The van der Waals surface area contributed by atoms with E-state index in [9.17, 15) is 26.4 Å². The molecule has 0 saturated carbocycles. The molecule has 3 aromatic rings. The van der Waals surface area contributed by atoms with Crippen molar-refractivity contribution in [2.45, 2.75) is 30.0 Å². The molecule has 0 bridgehead atoms. The van der Waals surface area contributed by atoms with Gasteiger partial charge in [-0.1, -0.05) is 11.3 Å². The Morgan fingerprint density at radius 3 is 2.50 bits per heavy atom. The van der Waals surface area contributed by atoms with Gasteiger partial charge in [-0.05, 0) is 49.2 Å². The minimum atomic E-state index is -4.47. The van der Waals surface area contributed by atoms with Crippen molar-refractivity contribution in [2.24, 2.45) is 0 Å². The van der Waals surface area contributed by atoms with Gasteiger partial charge >= 0.3 is 12.1 Å². The predicted molar refractivity (Wildman–Crippen MR) is 107 cm³/mol. The van der Waals surface area contributed by atoms with Crippen LogP contribution in [0.4, 0.5) is 13.2 Å². The lowest BCUT2D eigenvalue weighted by molar-refractivity contribution is -0.137. The van der Waals surface area contributed by atoms with Crippen LogP contribution >= 0.6 is 0 Å². The van der Waals surface area contributed by atoms with Gasteiger partial charge in [0.25, 0.3) is 0 Å². The molecule has 0 spiro atoms. The molecule has 1 saturated heterocycles. The van der Waals surface area contributed by atoms with Gasteiger partial charge in [0, 0.05) is 13.1 Å². The molecular formula is C20H19F3N4O4S.